The fourth-order valence-electron chi connectivity index (χ4n) is 4.17. The number of carbonyl (C=O) groups excluding carboxylic acids is 1. The fourth-order valence-corrected chi connectivity index (χ4v) is 4.17. The fraction of sp³-hybridized carbons (Fsp3) is 0.417. The van der Waals surface area contributed by atoms with E-state index in [2.05, 4.69) is 51.3 Å². The molecule has 2 aliphatic rings. The summed E-state index contributed by atoms with van der Waals surface area (Å²) in [5, 5.41) is 3.47. The molecule has 0 spiro atoms. The first kappa shape index (κ1) is 21.0. The number of nitrogens with zero attached hydrogens (tertiary/aromatic N) is 4. The Morgan fingerprint density at radius 1 is 1.10 bits per heavy atom. The van der Waals surface area contributed by atoms with Gasteiger partial charge in [-0.05, 0) is 43.2 Å². The largest absolute Gasteiger partial charge is 0.482 e. The molecule has 2 aliphatic heterocycles. The van der Waals surface area contributed by atoms with Crippen LogP contribution >= 0.6 is 0 Å². The molecule has 0 bridgehead atoms. The summed E-state index contributed by atoms with van der Waals surface area (Å²) >= 11 is 0. The quantitative estimate of drug-likeness (QED) is 0.457. The maximum absolute atomic E-state index is 12.3. The molecule has 1 N–H and O–H groups in total. The van der Waals surface area contributed by atoms with Gasteiger partial charge in [0.1, 0.15) is 5.75 Å². The van der Waals surface area contributed by atoms with E-state index >= 15 is 0 Å². The van der Waals surface area contributed by atoms with Gasteiger partial charge in [0.2, 0.25) is 0 Å². The van der Waals surface area contributed by atoms with Crippen molar-refractivity contribution >= 4 is 23.2 Å². The Bertz CT molecular complexity index is 937. The highest BCUT2D eigenvalue weighted by molar-refractivity contribution is 5.97. The van der Waals surface area contributed by atoms with Crippen molar-refractivity contribution in [3.63, 3.8) is 0 Å². The monoisotopic (exact) mass is 421 g/mol. The molecule has 31 heavy (non-hydrogen) atoms. The van der Waals surface area contributed by atoms with Crippen LogP contribution in [-0.2, 0) is 4.79 Å². The molecule has 0 aromatic heterocycles. The van der Waals surface area contributed by atoms with Gasteiger partial charge in [0, 0.05) is 52.0 Å². The summed E-state index contributed by atoms with van der Waals surface area (Å²) in [7, 11) is 1.83. The number of aliphatic imine (C=N–C) groups is 1. The number of guanidine groups is 1. The van der Waals surface area contributed by atoms with Crippen LogP contribution in [0.1, 0.15) is 12.0 Å². The zero-order chi connectivity index (χ0) is 21.6. The van der Waals surface area contributed by atoms with Crippen LogP contribution in [-0.4, -0.2) is 69.7 Å². The van der Waals surface area contributed by atoms with Gasteiger partial charge in [-0.3, -0.25) is 9.79 Å². The van der Waals surface area contributed by atoms with Gasteiger partial charge in [0.25, 0.3) is 5.91 Å². The van der Waals surface area contributed by atoms with Gasteiger partial charge in [-0.2, -0.15) is 0 Å². The molecular formula is C24H31N5O2. The van der Waals surface area contributed by atoms with Crippen molar-refractivity contribution in [1.29, 1.82) is 0 Å². The molecule has 0 aliphatic carbocycles. The highest BCUT2D eigenvalue weighted by Crippen LogP contribution is 2.31. The molecule has 0 radical (unpaired) electrons. The lowest BCUT2D eigenvalue weighted by Gasteiger charge is -2.38. The van der Waals surface area contributed by atoms with E-state index in [0.29, 0.717) is 6.54 Å². The number of hydrogen-bond donors (Lipinski definition) is 1. The molecule has 7 heteroatoms. The van der Waals surface area contributed by atoms with E-state index in [0.717, 1.165) is 56.5 Å². The Morgan fingerprint density at radius 2 is 1.90 bits per heavy atom. The first-order valence-electron chi connectivity index (χ1n) is 10.9. The Kier molecular flexibility index (Phi) is 6.60. The van der Waals surface area contributed by atoms with Gasteiger partial charge in [0.15, 0.2) is 12.6 Å². The lowest BCUT2D eigenvalue weighted by molar-refractivity contribution is -0.121. The molecule has 2 aromatic rings. The maximum Gasteiger partial charge on any atom is 0.265 e. The van der Waals surface area contributed by atoms with Crippen LogP contribution in [0.5, 0.6) is 5.75 Å². The lowest BCUT2D eigenvalue weighted by atomic mass is 10.2. The topological polar surface area (TPSA) is 60.4 Å². The number of fused-ring (bicyclic) bond motifs is 1. The van der Waals surface area contributed by atoms with Gasteiger partial charge in [-0.25, -0.2) is 0 Å². The van der Waals surface area contributed by atoms with Crippen molar-refractivity contribution in [2.75, 3.05) is 62.7 Å². The summed E-state index contributed by atoms with van der Waals surface area (Å²) in [5.74, 6) is 1.71. The van der Waals surface area contributed by atoms with E-state index in [9.17, 15) is 4.79 Å². The Morgan fingerprint density at radius 3 is 2.68 bits per heavy atom. The summed E-state index contributed by atoms with van der Waals surface area (Å²) in [6.07, 6.45) is 0.836. The number of aryl methyl sites for hydroxylation is 1. The second-order valence-electron chi connectivity index (χ2n) is 7.94. The number of anilines is 2. The van der Waals surface area contributed by atoms with Crippen LogP contribution in [0.4, 0.5) is 11.4 Å². The molecule has 1 fully saturated rings. The van der Waals surface area contributed by atoms with Crippen molar-refractivity contribution in [2.24, 2.45) is 4.99 Å². The van der Waals surface area contributed by atoms with Crippen LogP contribution in [0.2, 0.25) is 0 Å². The lowest BCUT2D eigenvalue weighted by Crippen LogP contribution is -2.52. The van der Waals surface area contributed by atoms with Crippen molar-refractivity contribution in [2.45, 2.75) is 13.3 Å². The molecule has 7 nitrogen and oxygen atoms in total. The number of carbonyl (C=O) groups is 1. The maximum atomic E-state index is 12.3. The minimum absolute atomic E-state index is 0.00959. The summed E-state index contributed by atoms with van der Waals surface area (Å²) in [6, 6.07) is 16.4. The van der Waals surface area contributed by atoms with E-state index in [1.54, 1.807) is 0 Å². The number of benzene rings is 2. The van der Waals surface area contributed by atoms with Gasteiger partial charge in [-0.1, -0.05) is 24.3 Å². The number of rotatable bonds is 5. The number of hydrogen-bond acceptors (Lipinski definition) is 4. The summed E-state index contributed by atoms with van der Waals surface area (Å²) in [4.78, 5) is 23.3. The first-order chi connectivity index (χ1) is 15.2. The van der Waals surface area contributed by atoms with Crippen molar-refractivity contribution < 1.29 is 9.53 Å². The third-order valence-corrected chi connectivity index (χ3v) is 5.81. The average molecular weight is 422 g/mol. The predicted molar refractivity (Wildman–Crippen MR) is 125 cm³/mol. The first-order valence-corrected chi connectivity index (χ1v) is 10.9. The second-order valence-corrected chi connectivity index (χ2v) is 7.94. The number of nitrogens with one attached hydrogen (secondary N) is 1. The molecular weight excluding hydrogens is 390 g/mol. The molecule has 1 amide bonds. The number of piperazine rings is 1. The van der Waals surface area contributed by atoms with Crippen molar-refractivity contribution in [3.8, 4) is 5.75 Å². The van der Waals surface area contributed by atoms with Crippen molar-refractivity contribution in [3.05, 3.63) is 54.1 Å². The number of amides is 1. The molecule has 164 valence electrons. The van der Waals surface area contributed by atoms with Gasteiger partial charge in [0.05, 0.1) is 5.69 Å². The SMILES string of the molecule is CN=C(NCCCN1C(=O)COc2ccccc21)N1CCN(c2cccc(C)c2)CC1. The summed E-state index contributed by atoms with van der Waals surface area (Å²) < 4.78 is 5.52. The summed E-state index contributed by atoms with van der Waals surface area (Å²) in [5.41, 5.74) is 3.44. The molecule has 0 unspecified atom stereocenters. The minimum atomic E-state index is 0.00959. The second kappa shape index (κ2) is 9.73. The molecule has 2 heterocycles. The summed E-state index contributed by atoms with van der Waals surface area (Å²) in [6.45, 7) is 7.48. The molecule has 1 saturated heterocycles. The van der Waals surface area contributed by atoms with E-state index in [4.69, 9.17) is 4.74 Å². The van der Waals surface area contributed by atoms with E-state index < -0.39 is 0 Å². The van der Waals surface area contributed by atoms with E-state index in [1.165, 1.54) is 11.3 Å². The average Bonchev–Trinajstić information content (AvgIpc) is 2.80. The minimum Gasteiger partial charge on any atom is -0.482 e. The molecule has 2 aromatic carbocycles. The highest BCUT2D eigenvalue weighted by Gasteiger charge is 2.25. The zero-order valence-electron chi connectivity index (χ0n) is 18.4. The highest BCUT2D eigenvalue weighted by atomic mass is 16.5. The molecule has 0 saturated carbocycles. The third-order valence-electron chi connectivity index (χ3n) is 5.81. The van der Waals surface area contributed by atoms with Crippen LogP contribution in [0.25, 0.3) is 0 Å². The Balaban J connectivity index is 1.25. The molecule has 4 rings (SSSR count). The van der Waals surface area contributed by atoms with E-state index in [-0.39, 0.29) is 12.5 Å². The normalized spacial score (nSPS) is 16.8. The Hall–Kier alpha value is -3.22. The third kappa shape index (κ3) is 4.93. The number of ether oxygens (including phenoxy) is 1. The Labute approximate surface area is 184 Å². The molecule has 0 atom stereocenters. The number of para-hydroxylation sites is 2. The predicted octanol–water partition coefficient (Wildman–Crippen LogP) is 2.51. The van der Waals surface area contributed by atoms with Crippen molar-refractivity contribution in [1.82, 2.24) is 10.2 Å². The van der Waals surface area contributed by atoms with Gasteiger partial charge in [-0.15, -0.1) is 0 Å². The van der Waals surface area contributed by atoms with Gasteiger partial charge >= 0.3 is 0 Å². The standard InChI is InChI=1S/C24H31N5O2/c1-19-7-5-8-20(17-19)27-13-15-28(16-14-27)24(25-2)26-11-6-12-29-21-9-3-4-10-22(21)31-18-23(29)30/h3-5,7-10,17H,6,11-16,18H2,1-2H3,(H,25,26). The van der Waals surface area contributed by atoms with Gasteiger partial charge < -0.3 is 24.8 Å². The van der Waals surface area contributed by atoms with Crippen LogP contribution < -0.4 is 19.9 Å². The van der Waals surface area contributed by atoms with Crippen LogP contribution in [0.15, 0.2) is 53.5 Å². The smallest absolute Gasteiger partial charge is 0.265 e. The zero-order valence-corrected chi connectivity index (χ0v) is 18.4. The van der Waals surface area contributed by atoms with E-state index in [1.807, 2.05) is 36.2 Å². The van der Waals surface area contributed by atoms with Crippen LogP contribution in [0.3, 0.4) is 0 Å². The van der Waals surface area contributed by atoms with Crippen LogP contribution in [0, 0.1) is 6.92 Å².